The van der Waals surface area contributed by atoms with E-state index in [1.165, 1.54) is 19.1 Å². The van der Waals surface area contributed by atoms with E-state index in [1.807, 2.05) is 55.7 Å². The topological polar surface area (TPSA) is 273 Å². The fourth-order valence-electron chi connectivity index (χ4n) is 8.89. The molecule has 3 aromatic rings. The van der Waals surface area contributed by atoms with Crippen molar-refractivity contribution < 1.29 is 85.3 Å². The molecular formula is C61H89F2N7O16. The van der Waals surface area contributed by atoms with Crippen LogP contribution in [0.25, 0.3) is 11.1 Å². The van der Waals surface area contributed by atoms with Gasteiger partial charge in [-0.05, 0) is 54.5 Å². The second-order valence-corrected chi connectivity index (χ2v) is 21.5. The first kappa shape index (κ1) is 71.9. The summed E-state index contributed by atoms with van der Waals surface area (Å²) in [5.41, 5.74) is 1.43. The Morgan fingerprint density at radius 3 is 1.69 bits per heavy atom. The number of benzene rings is 2. The van der Waals surface area contributed by atoms with Crippen LogP contribution in [-0.2, 0) is 78.0 Å². The summed E-state index contributed by atoms with van der Waals surface area (Å²) in [6.07, 6.45) is 4.38. The Bertz CT molecular complexity index is 2560. The van der Waals surface area contributed by atoms with E-state index in [1.54, 1.807) is 31.0 Å². The van der Waals surface area contributed by atoms with Crippen molar-refractivity contribution in [2.75, 3.05) is 138 Å². The average molecular weight is 1210 g/mol. The minimum Gasteiger partial charge on any atom is -0.387 e. The largest absolute Gasteiger partial charge is 0.387 e. The van der Waals surface area contributed by atoms with Crippen molar-refractivity contribution in [1.29, 1.82) is 0 Å². The Kier molecular flexibility index (Phi) is 33.5. The summed E-state index contributed by atoms with van der Waals surface area (Å²) in [7, 11) is 0. The molecule has 1 aromatic heterocycles. The van der Waals surface area contributed by atoms with Crippen LogP contribution >= 0.6 is 0 Å². The summed E-state index contributed by atoms with van der Waals surface area (Å²) < 4.78 is 75.4. The van der Waals surface area contributed by atoms with Crippen LogP contribution in [0.3, 0.4) is 0 Å². The van der Waals surface area contributed by atoms with E-state index in [-0.39, 0.29) is 76.1 Å². The number of halogens is 2. The number of hydrogen-bond acceptors (Lipinski definition) is 16. The minimum absolute atomic E-state index is 0.00824. The Balaban J connectivity index is 0.999. The fraction of sp³-hybridized carbons (Fsp3) is 0.590. The highest BCUT2D eigenvalue weighted by molar-refractivity contribution is 6.13. The van der Waals surface area contributed by atoms with Crippen molar-refractivity contribution in [1.82, 2.24) is 35.6 Å². The molecule has 23 nitrogen and oxygen atoms in total. The number of hydrogen-bond donors (Lipinski definition) is 5. The molecule has 0 saturated carbocycles. The molecule has 5 N–H and O–H groups in total. The molecule has 0 spiro atoms. The highest BCUT2D eigenvalue weighted by Gasteiger charge is 2.37. The molecule has 86 heavy (non-hydrogen) atoms. The summed E-state index contributed by atoms with van der Waals surface area (Å²) in [5, 5.41) is 21.1. The van der Waals surface area contributed by atoms with Gasteiger partial charge in [0.15, 0.2) is 0 Å². The highest BCUT2D eigenvalue weighted by atomic mass is 19.1. The maximum absolute atomic E-state index is 15.2. The van der Waals surface area contributed by atoms with Gasteiger partial charge in [-0.1, -0.05) is 65.0 Å². The van der Waals surface area contributed by atoms with Gasteiger partial charge in [0.2, 0.25) is 29.5 Å². The van der Waals surface area contributed by atoms with Crippen LogP contribution in [-0.4, -0.2) is 211 Å². The number of rotatable bonds is 45. The van der Waals surface area contributed by atoms with Crippen molar-refractivity contribution in [3.63, 3.8) is 0 Å². The molecule has 2 aromatic carbocycles. The van der Waals surface area contributed by atoms with E-state index < -0.39 is 77.2 Å². The molecule has 0 saturated heterocycles. The van der Waals surface area contributed by atoms with Gasteiger partial charge in [-0.2, -0.15) is 0 Å². The third-order valence-electron chi connectivity index (χ3n) is 13.2. The normalized spacial score (nSPS) is 13.5. The van der Waals surface area contributed by atoms with Gasteiger partial charge in [-0.3, -0.25) is 38.5 Å². The van der Waals surface area contributed by atoms with Crippen LogP contribution in [0.15, 0.2) is 72.9 Å². The number of imide groups is 1. The maximum Gasteiger partial charge on any atom is 0.253 e. The zero-order chi connectivity index (χ0) is 62.7. The first-order valence-electron chi connectivity index (χ1n) is 29.2. The highest BCUT2D eigenvalue weighted by Crippen LogP contribution is 2.41. The smallest absolute Gasteiger partial charge is 0.253 e. The second-order valence-electron chi connectivity index (χ2n) is 21.5. The van der Waals surface area contributed by atoms with Crippen molar-refractivity contribution >= 4 is 41.4 Å². The third kappa shape index (κ3) is 27.0. The monoisotopic (exact) mass is 1210 g/mol. The van der Waals surface area contributed by atoms with Crippen molar-refractivity contribution in [2.45, 2.75) is 85.5 Å². The van der Waals surface area contributed by atoms with Gasteiger partial charge in [-0.15, -0.1) is 0 Å². The summed E-state index contributed by atoms with van der Waals surface area (Å²) in [6.45, 7) is 16.5. The molecule has 25 heteroatoms. The summed E-state index contributed by atoms with van der Waals surface area (Å²) in [5.74, 6) is -4.62. The SMILES string of the molecule is CC(C)[C@H](NC(=O)CCOCCOCCOCCOCCOCCOCCOCCOCCNC(=O)CCN1C(=O)C=CC1=O)C(=O)N[C@@H](C)C(=O)NCCCN(C(=O)CO)[C@@H](c1cc(-c2cc(F)ccc2F)cn1Cc1ccccc1)C(C)(C)C. The number of nitrogens with zero attached hydrogens (tertiary/aromatic N) is 3. The standard InChI is InChI=1S/C61H89F2N7O16/c1-44(2)57(67-53(73)18-23-79-25-27-81-29-31-83-33-35-85-37-38-86-36-34-84-32-30-82-28-26-80-24-20-64-52(72)17-22-69-54(74)15-16-55(69)75)60(78)66-45(3)59(77)65-19-10-21-70(56(76)43-71)58(61(4,5)6)51-39-47(49-40-48(62)13-14-50(49)63)42-68(51)41-46-11-8-7-9-12-46/h7-9,11-16,39-40,42,44-45,57-58,71H,10,17-38,41,43H2,1-6H3,(H,64,72)(H,65,77)(H,66,78)(H,67,73)/t45-,57-,58-/m0/s1. The van der Waals surface area contributed by atoms with Crippen molar-refractivity contribution in [2.24, 2.45) is 11.3 Å². The molecule has 0 fully saturated rings. The van der Waals surface area contributed by atoms with E-state index in [9.17, 15) is 43.1 Å². The summed E-state index contributed by atoms with van der Waals surface area (Å²) >= 11 is 0. The molecule has 0 radical (unpaired) electrons. The van der Waals surface area contributed by atoms with Crippen LogP contribution < -0.4 is 21.3 Å². The van der Waals surface area contributed by atoms with Crippen LogP contribution in [0, 0.1) is 23.0 Å². The molecule has 7 amide bonds. The molecule has 1 aliphatic rings. The Morgan fingerprint density at radius 1 is 0.628 bits per heavy atom. The number of ether oxygens (including phenoxy) is 8. The predicted molar refractivity (Wildman–Crippen MR) is 313 cm³/mol. The van der Waals surface area contributed by atoms with Gasteiger partial charge in [0.1, 0.15) is 30.3 Å². The summed E-state index contributed by atoms with van der Waals surface area (Å²) in [6, 6.07) is 12.0. The van der Waals surface area contributed by atoms with Crippen molar-refractivity contribution in [3.8, 4) is 11.1 Å². The lowest BCUT2D eigenvalue weighted by Gasteiger charge is -2.41. The first-order chi connectivity index (χ1) is 41.3. The van der Waals surface area contributed by atoms with Gasteiger partial charge >= 0.3 is 0 Å². The fourth-order valence-corrected chi connectivity index (χ4v) is 8.89. The first-order valence-corrected chi connectivity index (χ1v) is 29.2. The van der Waals surface area contributed by atoms with Crippen LogP contribution in [0.5, 0.6) is 0 Å². The van der Waals surface area contributed by atoms with Crippen molar-refractivity contribution in [3.05, 3.63) is 95.8 Å². The van der Waals surface area contributed by atoms with Gasteiger partial charge < -0.3 is 73.7 Å². The maximum atomic E-state index is 15.2. The number of aliphatic hydroxyl groups is 1. The zero-order valence-corrected chi connectivity index (χ0v) is 50.6. The average Bonchev–Trinajstić information content (AvgIpc) is 1.83. The van der Waals surface area contributed by atoms with Crippen LogP contribution in [0.4, 0.5) is 8.78 Å². The Hall–Kier alpha value is -6.55. The van der Waals surface area contributed by atoms with Gasteiger partial charge in [-0.25, -0.2) is 8.78 Å². The van der Waals surface area contributed by atoms with E-state index in [0.29, 0.717) is 110 Å². The van der Waals surface area contributed by atoms with E-state index in [2.05, 4.69) is 21.3 Å². The molecule has 4 rings (SSSR count). The lowest BCUT2D eigenvalue weighted by Crippen LogP contribution is -2.54. The van der Waals surface area contributed by atoms with E-state index >= 15 is 4.39 Å². The number of carbonyl (C=O) groups is 7. The number of aliphatic hydroxyl groups excluding tert-OH is 1. The molecule has 3 atom stereocenters. The second kappa shape index (κ2) is 40.0. The predicted octanol–water partition coefficient (Wildman–Crippen LogP) is 3.50. The van der Waals surface area contributed by atoms with Crippen LogP contribution in [0.1, 0.15) is 78.1 Å². The molecule has 1 aliphatic heterocycles. The molecule has 478 valence electrons. The Morgan fingerprint density at radius 2 is 1.16 bits per heavy atom. The molecule has 0 bridgehead atoms. The van der Waals surface area contributed by atoms with Gasteiger partial charge in [0.25, 0.3) is 11.8 Å². The quantitative estimate of drug-likeness (QED) is 0.0400. The van der Waals surface area contributed by atoms with E-state index in [4.69, 9.17) is 37.9 Å². The minimum atomic E-state index is -0.975. The molecule has 0 aliphatic carbocycles. The van der Waals surface area contributed by atoms with Crippen LogP contribution in [0.2, 0.25) is 0 Å². The third-order valence-corrected chi connectivity index (χ3v) is 13.2. The van der Waals surface area contributed by atoms with Gasteiger partial charge in [0, 0.05) is 80.7 Å². The van der Waals surface area contributed by atoms with E-state index in [0.717, 1.165) is 28.7 Å². The number of carbonyl (C=O) groups excluding carboxylic acids is 7. The van der Waals surface area contributed by atoms with Gasteiger partial charge in [0.05, 0.1) is 112 Å². The summed E-state index contributed by atoms with van der Waals surface area (Å²) in [4.78, 5) is 90.5. The molecule has 0 unspecified atom stereocenters. The lowest BCUT2D eigenvalue weighted by molar-refractivity contribution is -0.140. The zero-order valence-electron chi connectivity index (χ0n) is 50.6. The molecular weight excluding hydrogens is 1120 g/mol. The lowest BCUT2D eigenvalue weighted by atomic mass is 9.83. The number of nitrogens with one attached hydrogen (secondary N) is 4. The number of amides is 7. The Labute approximate surface area is 503 Å². The molecule has 2 heterocycles. The number of aromatic nitrogens is 1.